The molecule has 0 saturated carbocycles. The van der Waals surface area contributed by atoms with Crippen molar-refractivity contribution in [1.29, 1.82) is 0 Å². The highest BCUT2D eigenvalue weighted by Gasteiger charge is 2.41. The second kappa shape index (κ2) is 14.8. The number of likely N-dealkylation sites (N-methyl/N-ethyl adjacent to an activating group) is 1. The minimum Gasteiger partial charge on any atom is -0.356 e. The smallest absolute Gasteiger partial charge is 0.356 e. The van der Waals surface area contributed by atoms with Crippen LogP contribution in [-0.4, -0.2) is 47.9 Å². The molecule has 0 spiro atoms. The van der Waals surface area contributed by atoms with E-state index in [0.29, 0.717) is 34.6 Å². The molecule has 1 fully saturated rings. The lowest BCUT2D eigenvalue weighted by Gasteiger charge is -2.32. The molecule has 0 aliphatic carbocycles. The maximum Gasteiger partial charge on any atom is 0.416 e. The van der Waals surface area contributed by atoms with Crippen molar-refractivity contribution in [3.8, 4) is 11.1 Å². The molecule has 0 radical (unpaired) electrons. The number of hydrogen-bond donors (Lipinski definition) is 0. The summed E-state index contributed by atoms with van der Waals surface area (Å²) in [5.74, 6) is 1.35. The third-order valence-corrected chi connectivity index (χ3v) is 8.45. The lowest BCUT2D eigenvalue weighted by molar-refractivity contribution is -0.143. The Morgan fingerprint density at radius 3 is 2.04 bits per heavy atom. The fourth-order valence-electron chi connectivity index (χ4n) is 4.97. The fourth-order valence-corrected chi connectivity index (χ4v) is 5.85. The van der Waals surface area contributed by atoms with Crippen LogP contribution >= 0.6 is 35.0 Å². The summed E-state index contributed by atoms with van der Waals surface area (Å²) in [4.78, 5) is 21.8. The van der Waals surface area contributed by atoms with Gasteiger partial charge in [-0.15, -0.1) is 23.2 Å². The quantitative estimate of drug-likeness (QED) is 0.197. The van der Waals surface area contributed by atoms with Crippen LogP contribution in [0.5, 0.6) is 0 Å². The number of amides is 1. The molecule has 246 valence electrons. The van der Waals surface area contributed by atoms with Crippen LogP contribution in [0.15, 0.2) is 48.7 Å². The Labute approximate surface area is 271 Å². The minimum absolute atomic E-state index is 0.0349. The van der Waals surface area contributed by atoms with Gasteiger partial charge in [0.25, 0.3) is 0 Å². The molecule has 3 aromatic rings. The van der Waals surface area contributed by atoms with Crippen LogP contribution in [0.1, 0.15) is 42.5 Å². The highest BCUT2D eigenvalue weighted by atomic mass is 35.5. The molecule has 1 aliphatic rings. The molecule has 2 heterocycles. The summed E-state index contributed by atoms with van der Waals surface area (Å²) >= 11 is 11.4. The summed E-state index contributed by atoms with van der Waals surface area (Å²) in [5, 5.41) is 0.194. The molecule has 4 nitrogen and oxygen atoms in total. The predicted molar refractivity (Wildman–Crippen MR) is 168 cm³/mol. The number of rotatable bonds is 5. The number of aryl methyl sites for hydroxylation is 1. The fraction of sp³-hybridized carbons (Fsp3) is 0.419. The lowest BCUT2D eigenvalue weighted by Crippen LogP contribution is -2.42. The number of carbonyl (C=O) groups is 1. The molecule has 0 atom stereocenters. The summed E-state index contributed by atoms with van der Waals surface area (Å²) in [7, 11) is 1.39. The first-order chi connectivity index (χ1) is 20.9. The average molecular weight is 699 g/mol. The number of nitrogens with zero attached hydrogens (tertiary/aromatic N) is 3. The van der Waals surface area contributed by atoms with Crippen LogP contribution in [0.3, 0.4) is 0 Å². The van der Waals surface area contributed by atoms with E-state index in [0.717, 1.165) is 31.0 Å². The van der Waals surface area contributed by atoms with Crippen molar-refractivity contribution >= 4 is 52.4 Å². The Balaban J connectivity index is 0.00000177. The van der Waals surface area contributed by atoms with Gasteiger partial charge in [0.05, 0.1) is 33.8 Å². The molecular weight excluding hydrogens is 666 g/mol. The predicted octanol–water partition coefficient (Wildman–Crippen LogP) is 9.54. The van der Waals surface area contributed by atoms with Gasteiger partial charge in [0.15, 0.2) is 0 Å². The molecule has 0 N–H and O–H groups in total. The van der Waals surface area contributed by atoms with E-state index >= 15 is 0 Å². The van der Waals surface area contributed by atoms with Crippen molar-refractivity contribution in [2.45, 2.75) is 45.0 Å². The van der Waals surface area contributed by atoms with Gasteiger partial charge in [-0.3, -0.25) is 4.79 Å². The number of hydrogen-bond acceptors (Lipinski definition) is 4. The van der Waals surface area contributed by atoms with E-state index in [1.807, 2.05) is 11.8 Å². The zero-order chi connectivity index (χ0) is 33.7. The molecule has 14 heteroatoms. The average Bonchev–Trinajstić information content (AvgIpc) is 3.25. The summed E-state index contributed by atoms with van der Waals surface area (Å²) in [6, 6.07) is 7.16. The highest BCUT2D eigenvalue weighted by molar-refractivity contribution is 7.99. The van der Waals surface area contributed by atoms with E-state index in [9.17, 15) is 35.5 Å². The molecule has 1 aliphatic heterocycles. The largest absolute Gasteiger partial charge is 0.416 e. The van der Waals surface area contributed by atoms with Gasteiger partial charge in [0.1, 0.15) is 11.6 Å². The van der Waals surface area contributed by atoms with Crippen molar-refractivity contribution < 1.29 is 35.5 Å². The topological polar surface area (TPSA) is 36.4 Å². The first-order valence-corrected chi connectivity index (χ1v) is 15.9. The van der Waals surface area contributed by atoms with Gasteiger partial charge in [-0.2, -0.15) is 38.1 Å². The summed E-state index contributed by atoms with van der Waals surface area (Å²) < 4.78 is 95.4. The number of benzene rings is 2. The van der Waals surface area contributed by atoms with Crippen LogP contribution in [0.25, 0.3) is 11.1 Å². The van der Waals surface area contributed by atoms with Gasteiger partial charge in [0, 0.05) is 31.5 Å². The number of anilines is 2. The SMILES string of the molecule is Cc1cc(F)ccc1-c1cc(N2CCCSCC2)ncc1N(C)C(=O)C(C)(C)c1cc(C(F)(F)F)cc(C(F)(F)F)c1.ClCCl. The zero-order valence-corrected chi connectivity index (χ0v) is 27.2. The van der Waals surface area contributed by atoms with Gasteiger partial charge in [-0.25, -0.2) is 9.37 Å². The van der Waals surface area contributed by atoms with Gasteiger partial charge in [-0.05, 0) is 86.0 Å². The lowest BCUT2D eigenvalue weighted by atomic mass is 9.81. The Kier molecular flexibility index (Phi) is 12.1. The summed E-state index contributed by atoms with van der Waals surface area (Å²) in [6.45, 7) is 5.78. The van der Waals surface area contributed by atoms with Crippen molar-refractivity contribution in [2.24, 2.45) is 0 Å². The van der Waals surface area contributed by atoms with Crippen molar-refractivity contribution in [1.82, 2.24) is 4.98 Å². The number of alkyl halides is 8. The first kappa shape index (κ1) is 36.8. The normalized spacial score (nSPS) is 14.4. The molecule has 2 aromatic carbocycles. The number of thioether (sulfide) groups is 1. The van der Waals surface area contributed by atoms with E-state index in [4.69, 9.17) is 23.2 Å². The molecule has 0 bridgehead atoms. The van der Waals surface area contributed by atoms with Gasteiger partial charge < -0.3 is 9.80 Å². The molecule has 4 rings (SSSR count). The summed E-state index contributed by atoms with van der Waals surface area (Å²) in [6.07, 6.45) is -7.70. The van der Waals surface area contributed by atoms with Crippen LogP contribution in [-0.2, 0) is 22.6 Å². The molecule has 1 saturated heterocycles. The van der Waals surface area contributed by atoms with Crippen molar-refractivity contribution in [3.63, 3.8) is 0 Å². The number of aromatic nitrogens is 1. The van der Waals surface area contributed by atoms with Gasteiger partial charge in [0.2, 0.25) is 5.91 Å². The molecular formula is C31H32Cl2F7N3OS. The monoisotopic (exact) mass is 697 g/mol. The second-order valence-corrected chi connectivity index (χ2v) is 12.9. The van der Waals surface area contributed by atoms with Crippen LogP contribution in [0.4, 0.5) is 42.2 Å². The van der Waals surface area contributed by atoms with Crippen LogP contribution in [0.2, 0.25) is 0 Å². The van der Waals surface area contributed by atoms with Crippen molar-refractivity contribution in [2.75, 3.05) is 46.8 Å². The highest BCUT2D eigenvalue weighted by Crippen LogP contribution is 2.41. The Morgan fingerprint density at radius 2 is 1.49 bits per heavy atom. The molecule has 0 unspecified atom stereocenters. The Bertz CT molecular complexity index is 1460. The van der Waals surface area contributed by atoms with Gasteiger partial charge >= 0.3 is 12.4 Å². The third-order valence-electron chi connectivity index (χ3n) is 7.40. The molecule has 1 aromatic heterocycles. The van der Waals surface area contributed by atoms with E-state index in [1.165, 1.54) is 44.1 Å². The number of halogens is 9. The maximum atomic E-state index is 14.0. The van der Waals surface area contributed by atoms with Crippen LogP contribution < -0.4 is 9.80 Å². The number of carbonyl (C=O) groups excluding carboxylic acids is 1. The van der Waals surface area contributed by atoms with Gasteiger partial charge in [-0.1, -0.05) is 6.07 Å². The first-order valence-electron chi connectivity index (χ1n) is 13.7. The minimum atomic E-state index is -5.06. The second-order valence-electron chi connectivity index (χ2n) is 10.9. The van der Waals surface area contributed by atoms with E-state index < -0.39 is 46.2 Å². The third kappa shape index (κ3) is 8.98. The van der Waals surface area contributed by atoms with Crippen molar-refractivity contribution in [3.05, 3.63) is 76.7 Å². The standard InChI is InChI=1S/C30H30F7N3OS.CH2Cl2/c1-18-12-22(31)6-7-23(18)24-16-26(40-8-5-10-42-11-9-40)38-17-25(24)39(4)27(41)28(2,3)19-13-20(29(32,33)34)15-21(14-19)30(35,36)37;2-1-3/h6-7,12-17H,5,8-11H2,1-4H3;1H2. The van der Waals surface area contributed by atoms with E-state index in [-0.39, 0.29) is 17.1 Å². The number of pyridine rings is 1. The molecule has 45 heavy (non-hydrogen) atoms. The Morgan fingerprint density at radius 1 is 0.911 bits per heavy atom. The van der Waals surface area contributed by atoms with E-state index in [1.54, 1.807) is 19.1 Å². The van der Waals surface area contributed by atoms with Crippen LogP contribution in [0, 0.1) is 12.7 Å². The van der Waals surface area contributed by atoms with E-state index in [2.05, 4.69) is 9.88 Å². The molecule has 1 amide bonds. The maximum absolute atomic E-state index is 14.0. The summed E-state index contributed by atoms with van der Waals surface area (Å²) in [5.41, 5.74) is -3.25. The zero-order valence-electron chi connectivity index (χ0n) is 24.9. The Hall–Kier alpha value is -2.70.